The minimum Gasteiger partial charge on any atom is -0.395 e. The Hall–Kier alpha value is -1.20. The van der Waals surface area contributed by atoms with Gasteiger partial charge in [0.1, 0.15) is 12.1 Å². The highest BCUT2D eigenvalue weighted by atomic mass is 16.3. The highest BCUT2D eigenvalue weighted by molar-refractivity contribution is 5.36. The lowest BCUT2D eigenvalue weighted by molar-refractivity contribution is 0.0901. The van der Waals surface area contributed by atoms with E-state index in [0.29, 0.717) is 18.6 Å². The summed E-state index contributed by atoms with van der Waals surface area (Å²) in [5, 5.41) is 12.8. The molecule has 2 aliphatic rings. The first kappa shape index (κ1) is 14.7. The molecule has 2 heterocycles. The zero-order chi connectivity index (χ0) is 14.5. The topological polar surface area (TPSA) is 61.3 Å². The van der Waals surface area contributed by atoms with Crippen LogP contribution in [-0.2, 0) is 0 Å². The van der Waals surface area contributed by atoms with Crippen LogP contribution in [0.5, 0.6) is 0 Å². The van der Waals surface area contributed by atoms with Crippen LogP contribution in [0.4, 0.5) is 5.82 Å². The van der Waals surface area contributed by atoms with E-state index in [1.54, 1.807) is 6.33 Å². The molecular weight excluding hydrogens is 264 g/mol. The highest BCUT2D eigenvalue weighted by Gasteiger charge is 2.25. The minimum absolute atomic E-state index is 0.296. The molecule has 0 amide bonds. The molecule has 1 aromatic heterocycles. The number of anilines is 1. The molecule has 1 aliphatic heterocycles. The zero-order valence-electron chi connectivity index (χ0n) is 12.7. The number of rotatable bonds is 7. The van der Waals surface area contributed by atoms with Crippen LogP contribution in [-0.4, -0.2) is 52.3 Å². The fraction of sp³-hybridized carbons (Fsp3) is 0.750. The standard InChI is InChI=1S/C16H26N4O/c21-11-14-4-1-2-8-20(14)9-3-7-17-16-10-15(13-5-6-13)18-12-19-16/h10,12-14,21H,1-9,11H2,(H,17,18,19)/t14-/m1/s1. The van der Waals surface area contributed by atoms with Crippen LogP contribution in [0.3, 0.4) is 0 Å². The lowest BCUT2D eigenvalue weighted by Gasteiger charge is -2.34. The van der Waals surface area contributed by atoms with Crippen LogP contribution in [0.1, 0.15) is 50.1 Å². The summed E-state index contributed by atoms with van der Waals surface area (Å²) in [5.41, 5.74) is 1.18. The Morgan fingerprint density at radius 1 is 1.24 bits per heavy atom. The van der Waals surface area contributed by atoms with Crippen LogP contribution in [0.25, 0.3) is 0 Å². The summed E-state index contributed by atoms with van der Waals surface area (Å²) in [6.07, 6.45) is 8.95. The predicted octanol–water partition coefficient (Wildman–Crippen LogP) is 2.00. The first-order valence-electron chi connectivity index (χ1n) is 8.27. The largest absolute Gasteiger partial charge is 0.395 e. The van der Waals surface area contributed by atoms with E-state index < -0.39 is 0 Å². The van der Waals surface area contributed by atoms with E-state index in [-0.39, 0.29) is 0 Å². The number of likely N-dealkylation sites (tertiary alicyclic amines) is 1. The van der Waals surface area contributed by atoms with E-state index in [0.717, 1.165) is 38.3 Å². The molecule has 1 saturated carbocycles. The van der Waals surface area contributed by atoms with Crippen molar-refractivity contribution >= 4 is 5.82 Å². The summed E-state index contributed by atoms with van der Waals surface area (Å²) in [7, 11) is 0. The fourth-order valence-electron chi connectivity index (χ4n) is 3.13. The number of nitrogens with one attached hydrogen (secondary N) is 1. The molecule has 0 aromatic carbocycles. The van der Waals surface area contributed by atoms with E-state index in [4.69, 9.17) is 0 Å². The number of piperidine rings is 1. The van der Waals surface area contributed by atoms with Crippen molar-refractivity contribution in [2.24, 2.45) is 0 Å². The molecule has 0 radical (unpaired) electrons. The van der Waals surface area contributed by atoms with Gasteiger partial charge in [-0.1, -0.05) is 6.42 Å². The van der Waals surface area contributed by atoms with Crippen molar-refractivity contribution in [3.8, 4) is 0 Å². The molecule has 1 aromatic rings. The molecule has 2 fully saturated rings. The molecular formula is C16H26N4O. The van der Waals surface area contributed by atoms with Crippen molar-refractivity contribution in [3.05, 3.63) is 18.1 Å². The Bertz CT molecular complexity index is 450. The summed E-state index contributed by atoms with van der Waals surface area (Å²) < 4.78 is 0. The third-order valence-electron chi connectivity index (χ3n) is 4.57. The number of hydrogen-bond acceptors (Lipinski definition) is 5. The average molecular weight is 290 g/mol. The molecule has 5 heteroatoms. The summed E-state index contributed by atoms with van der Waals surface area (Å²) >= 11 is 0. The summed E-state index contributed by atoms with van der Waals surface area (Å²) in [6, 6.07) is 2.47. The van der Waals surface area contributed by atoms with Gasteiger partial charge in [0.05, 0.1) is 6.61 Å². The van der Waals surface area contributed by atoms with Crippen molar-refractivity contribution in [2.75, 3.05) is 31.6 Å². The molecule has 3 rings (SSSR count). The van der Waals surface area contributed by atoms with Crippen LogP contribution < -0.4 is 5.32 Å². The van der Waals surface area contributed by atoms with E-state index in [1.165, 1.54) is 31.4 Å². The Balaban J connectivity index is 1.40. The molecule has 1 atom stereocenters. The third kappa shape index (κ3) is 4.14. The van der Waals surface area contributed by atoms with Gasteiger partial charge >= 0.3 is 0 Å². The molecule has 2 N–H and O–H groups in total. The molecule has 0 unspecified atom stereocenters. The molecule has 116 valence electrons. The van der Waals surface area contributed by atoms with Gasteiger partial charge in [-0.2, -0.15) is 0 Å². The lowest BCUT2D eigenvalue weighted by atomic mass is 10.0. The SMILES string of the molecule is OC[C@H]1CCCCN1CCCNc1cc(C2CC2)ncn1. The van der Waals surface area contributed by atoms with E-state index in [9.17, 15) is 5.11 Å². The van der Waals surface area contributed by atoms with Crippen molar-refractivity contribution in [1.29, 1.82) is 0 Å². The van der Waals surface area contributed by atoms with Gasteiger partial charge in [-0.3, -0.25) is 4.90 Å². The lowest BCUT2D eigenvalue weighted by Crippen LogP contribution is -2.42. The zero-order valence-corrected chi connectivity index (χ0v) is 12.7. The van der Waals surface area contributed by atoms with Crippen molar-refractivity contribution in [3.63, 3.8) is 0 Å². The second-order valence-electron chi connectivity index (χ2n) is 6.25. The monoisotopic (exact) mass is 290 g/mol. The average Bonchev–Trinajstić information content (AvgIpc) is 3.37. The molecule has 1 saturated heterocycles. The van der Waals surface area contributed by atoms with Crippen LogP contribution in [0.2, 0.25) is 0 Å². The van der Waals surface area contributed by atoms with E-state index >= 15 is 0 Å². The normalized spacial score (nSPS) is 23.2. The Morgan fingerprint density at radius 3 is 2.95 bits per heavy atom. The molecule has 21 heavy (non-hydrogen) atoms. The molecule has 5 nitrogen and oxygen atoms in total. The third-order valence-corrected chi connectivity index (χ3v) is 4.57. The van der Waals surface area contributed by atoms with Crippen molar-refractivity contribution in [1.82, 2.24) is 14.9 Å². The maximum Gasteiger partial charge on any atom is 0.129 e. The summed E-state index contributed by atoms with van der Waals surface area (Å²) in [5.74, 6) is 1.62. The highest BCUT2D eigenvalue weighted by Crippen LogP contribution is 2.39. The number of nitrogens with zero attached hydrogens (tertiary/aromatic N) is 3. The van der Waals surface area contributed by atoms with Gasteiger partial charge in [0.2, 0.25) is 0 Å². The van der Waals surface area contributed by atoms with Gasteiger partial charge in [0, 0.05) is 36.8 Å². The maximum atomic E-state index is 9.41. The van der Waals surface area contributed by atoms with Gasteiger partial charge in [-0.05, 0) is 38.6 Å². The van der Waals surface area contributed by atoms with E-state index in [2.05, 4.69) is 26.3 Å². The van der Waals surface area contributed by atoms with Crippen molar-refractivity contribution < 1.29 is 5.11 Å². The van der Waals surface area contributed by atoms with Crippen molar-refractivity contribution in [2.45, 2.75) is 50.5 Å². The quantitative estimate of drug-likeness (QED) is 0.752. The number of aromatic nitrogens is 2. The van der Waals surface area contributed by atoms with Gasteiger partial charge in [-0.25, -0.2) is 9.97 Å². The minimum atomic E-state index is 0.296. The van der Waals surface area contributed by atoms with Crippen LogP contribution in [0.15, 0.2) is 12.4 Å². The Labute approximate surface area is 126 Å². The molecule has 1 aliphatic carbocycles. The first-order chi connectivity index (χ1) is 10.4. The molecule has 0 bridgehead atoms. The van der Waals surface area contributed by atoms with Crippen LogP contribution >= 0.6 is 0 Å². The Morgan fingerprint density at radius 2 is 2.14 bits per heavy atom. The summed E-state index contributed by atoms with van der Waals surface area (Å²) in [4.78, 5) is 11.1. The molecule has 0 spiro atoms. The Kier molecular flexibility index (Phi) is 5.04. The second kappa shape index (κ2) is 7.18. The number of aliphatic hydroxyl groups is 1. The maximum absolute atomic E-state index is 9.41. The first-order valence-corrected chi connectivity index (χ1v) is 8.27. The second-order valence-corrected chi connectivity index (χ2v) is 6.25. The number of aliphatic hydroxyl groups excluding tert-OH is 1. The van der Waals surface area contributed by atoms with E-state index in [1.807, 2.05) is 0 Å². The van der Waals surface area contributed by atoms with Gasteiger partial charge < -0.3 is 10.4 Å². The van der Waals surface area contributed by atoms with Gasteiger partial charge in [-0.15, -0.1) is 0 Å². The predicted molar refractivity (Wildman–Crippen MR) is 83.4 cm³/mol. The van der Waals surface area contributed by atoms with Gasteiger partial charge in [0.15, 0.2) is 0 Å². The number of hydrogen-bond donors (Lipinski definition) is 2. The van der Waals surface area contributed by atoms with Crippen LogP contribution in [0, 0.1) is 0 Å². The van der Waals surface area contributed by atoms with Gasteiger partial charge in [0.25, 0.3) is 0 Å². The smallest absolute Gasteiger partial charge is 0.129 e. The fourth-order valence-corrected chi connectivity index (χ4v) is 3.13. The summed E-state index contributed by atoms with van der Waals surface area (Å²) in [6.45, 7) is 3.41.